The molecule has 1 amide bonds. The fourth-order valence-corrected chi connectivity index (χ4v) is 2.40. The van der Waals surface area contributed by atoms with Crippen molar-refractivity contribution in [2.45, 2.75) is 26.4 Å². The van der Waals surface area contributed by atoms with E-state index in [-0.39, 0.29) is 23.5 Å². The van der Waals surface area contributed by atoms with Gasteiger partial charge in [-0.1, -0.05) is 24.3 Å². The summed E-state index contributed by atoms with van der Waals surface area (Å²) >= 11 is 5.22. The number of anilines is 1. The second kappa shape index (κ2) is 9.03. The zero-order valence-corrected chi connectivity index (χ0v) is 15.4. The molecule has 5 nitrogen and oxygen atoms in total. The van der Waals surface area contributed by atoms with Gasteiger partial charge in [0.25, 0.3) is 0 Å². The molecular formula is C19H22N2O3S. The van der Waals surface area contributed by atoms with Gasteiger partial charge < -0.3 is 20.1 Å². The highest BCUT2D eigenvalue weighted by atomic mass is 32.1. The van der Waals surface area contributed by atoms with E-state index in [1.807, 2.05) is 62.4 Å². The maximum absolute atomic E-state index is 12.1. The van der Waals surface area contributed by atoms with Crippen LogP contribution in [-0.2, 0) is 11.2 Å². The lowest BCUT2D eigenvalue weighted by molar-refractivity contribution is -0.119. The van der Waals surface area contributed by atoms with E-state index < -0.39 is 0 Å². The summed E-state index contributed by atoms with van der Waals surface area (Å²) in [7, 11) is 1.60. The van der Waals surface area contributed by atoms with Gasteiger partial charge in [-0.2, -0.15) is 0 Å². The number of rotatable bonds is 6. The van der Waals surface area contributed by atoms with E-state index in [9.17, 15) is 4.79 Å². The van der Waals surface area contributed by atoms with Crippen LogP contribution in [0.15, 0.2) is 48.5 Å². The van der Waals surface area contributed by atoms with Crippen molar-refractivity contribution in [3.63, 3.8) is 0 Å². The zero-order valence-electron chi connectivity index (χ0n) is 14.5. The normalized spacial score (nSPS) is 10.2. The predicted molar refractivity (Wildman–Crippen MR) is 103 cm³/mol. The van der Waals surface area contributed by atoms with Crippen LogP contribution in [-0.4, -0.2) is 24.2 Å². The van der Waals surface area contributed by atoms with Gasteiger partial charge in [-0.15, -0.1) is 0 Å². The second-order valence-electron chi connectivity index (χ2n) is 5.69. The molecule has 0 aliphatic carbocycles. The van der Waals surface area contributed by atoms with E-state index in [2.05, 4.69) is 10.6 Å². The van der Waals surface area contributed by atoms with Crippen LogP contribution < -0.4 is 20.1 Å². The molecule has 2 rings (SSSR count). The van der Waals surface area contributed by atoms with E-state index in [1.54, 1.807) is 7.11 Å². The van der Waals surface area contributed by atoms with Crippen LogP contribution in [0.2, 0.25) is 0 Å². The van der Waals surface area contributed by atoms with Gasteiger partial charge in [-0.3, -0.25) is 4.79 Å². The second-order valence-corrected chi connectivity index (χ2v) is 6.10. The molecule has 0 saturated heterocycles. The molecule has 2 aromatic carbocycles. The quantitative estimate of drug-likeness (QED) is 0.774. The SMILES string of the molecule is COc1ccc(CC(=O)NC(=S)Nc2ccccc2OC(C)C)cc1. The number of hydrogen-bond acceptors (Lipinski definition) is 4. The van der Waals surface area contributed by atoms with Gasteiger partial charge >= 0.3 is 0 Å². The van der Waals surface area contributed by atoms with Crippen molar-refractivity contribution < 1.29 is 14.3 Å². The first-order valence-electron chi connectivity index (χ1n) is 7.97. The minimum absolute atomic E-state index is 0.0428. The summed E-state index contributed by atoms with van der Waals surface area (Å²) in [6, 6.07) is 14.8. The Balaban J connectivity index is 1.92. The number of para-hydroxylation sites is 2. The van der Waals surface area contributed by atoms with Crippen molar-refractivity contribution in [2.75, 3.05) is 12.4 Å². The lowest BCUT2D eigenvalue weighted by atomic mass is 10.1. The Kier molecular flexibility index (Phi) is 6.77. The lowest BCUT2D eigenvalue weighted by Crippen LogP contribution is -2.35. The van der Waals surface area contributed by atoms with Crippen LogP contribution in [0.1, 0.15) is 19.4 Å². The molecule has 0 radical (unpaired) electrons. The number of ether oxygens (including phenoxy) is 2. The Morgan fingerprint density at radius 3 is 2.44 bits per heavy atom. The van der Waals surface area contributed by atoms with Gasteiger partial charge in [-0.05, 0) is 55.9 Å². The highest BCUT2D eigenvalue weighted by Gasteiger charge is 2.10. The number of benzene rings is 2. The van der Waals surface area contributed by atoms with Gasteiger partial charge in [0, 0.05) is 0 Å². The molecule has 0 heterocycles. The molecule has 2 N–H and O–H groups in total. The van der Waals surface area contributed by atoms with Crippen molar-refractivity contribution >= 4 is 28.9 Å². The van der Waals surface area contributed by atoms with E-state index in [0.717, 1.165) is 11.3 Å². The first kappa shape index (κ1) is 18.7. The summed E-state index contributed by atoms with van der Waals surface area (Å²) in [6.45, 7) is 3.90. The maximum atomic E-state index is 12.1. The largest absolute Gasteiger partial charge is 0.497 e. The molecule has 132 valence electrons. The Bertz CT molecular complexity index is 730. The monoisotopic (exact) mass is 358 g/mol. The van der Waals surface area contributed by atoms with Crippen molar-refractivity contribution in [3.05, 3.63) is 54.1 Å². The molecule has 0 atom stereocenters. The number of thiocarbonyl (C=S) groups is 1. The highest BCUT2D eigenvalue weighted by molar-refractivity contribution is 7.80. The third-order valence-electron chi connectivity index (χ3n) is 3.27. The van der Waals surface area contributed by atoms with Crippen molar-refractivity contribution in [1.29, 1.82) is 0 Å². The molecule has 0 aliphatic heterocycles. The molecule has 2 aromatic rings. The average Bonchev–Trinajstić information content (AvgIpc) is 2.56. The topological polar surface area (TPSA) is 59.6 Å². The summed E-state index contributed by atoms with van der Waals surface area (Å²) < 4.78 is 10.8. The number of methoxy groups -OCH3 is 1. The molecule has 0 fully saturated rings. The fraction of sp³-hybridized carbons (Fsp3) is 0.263. The van der Waals surface area contributed by atoms with Gasteiger partial charge in [0.15, 0.2) is 5.11 Å². The van der Waals surface area contributed by atoms with Crippen LogP contribution >= 0.6 is 12.2 Å². The molecule has 0 saturated carbocycles. The lowest BCUT2D eigenvalue weighted by Gasteiger charge is -2.16. The zero-order chi connectivity index (χ0) is 18.2. The number of amides is 1. The fourth-order valence-electron chi connectivity index (χ4n) is 2.18. The third kappa shape index (κ3) is 6.08. The number of carbonyl (C=O) groups is 1. The molecule has 0 aromatic heterocycles. The average molecular weight is 358 g/mol. The van der Waals surface area contributed by atoms with Crippen molar-refractivity contribution in [1.82, 2.24) is 5.32 Å². The first-order valence-corrected chi connectivity index (χ1v) is 8.38. The summed E-state index contributed by atoms with van der Waals surface area (Å²) in [5.74, 6) is 1.25. The standard InChI is InChI=1S/C19H22N2O3S/c1-13(2)24-17-7-5-4-6-16(17)20-19(25)21-18(22)12-14-8-10-15(23-3)11-9-14/h4-11,13H,12H2,1-3H3,(H2,20,21,22,25). The van der Waals surface area contributed by atoms with Crippen LogP contribution in [0.25, 0.3) is 0 Å². The number of carbonyl (C=O) groups excluding carboxylic acids is 1. The Labute approximate surface area is 153 Å². The molecule has 0 spiro atoms. The summed E-state index contributed by atoms with van der Waals surface area (Å²) in [5, 5.41) is 5.92. The van der Waals surface area contributed by atoms with Crippen LogP contribution in [0.5, 0.6) is 11.5 Å². The summed E-state index contributed by atoms with van der Waals surface area (Å²) in [4.78, 5) is 12.1. The molecule has 0 aliphatic rings. The van der Waals surface area contributed by atoms with E-state index in [0.29, 0.717) is 11.4 Å². The molecule has 6 heteroatoms. The molecule has 0 unspecified atom stereocenters. The maximum Gasteiger partial charge on any atom is 0.230 e. The smallest absolute Gasteiger partial charge is 0.230 e. The summed E-state index contributed by atoms with van der Waals surface area (Å²) in [6.07, 6.45) is 0.275. The van der Waals surface area contributed by atoms with E-state index in [1.165, 1.54) is 0 Å². The Morgan fingerprint density at radius 1 is 1.12 bits per heavy atom. The van der Waals surface area contributed by atoms with Crippen LogP contribution in [0.3, 0.4) is 0 Å². The van der Waals surface area contributed by atoms with E-state index >= 15 is 0 Å². The van der Waals surface area contributed by atoms with Crippen LogP contribution in [0.4, 0.5) is 5.69 Å². The predicted octanol–water partition coefficient (Wildman–Crippen LogP) is 3.54. The van der Waals surface area contributed by atoms with Gasteiger partial charge in [0.2, 0.25) is 5.91 Å². The van der Waals surface area contributed by atoms with Gasteiger partial charge in [0.1, 0.15) is 11.5 Å². The minimum Gasteiger partial charge on any atom is -0.497 e. The van der Waals surface area contributed by atoms with E-state index in [4.69, 9.17) is 21.7 Å². The van der Waals surface area contributed by atoms with Crippen molar-refractivity contribution in [2.24, 2.45) is 0 Å². The van der Waals surface area contributed by atoms with Gasteiger partial charge in [-0.25, -0.2) is 0 Å². The molecule has 25 heavy (non-hydrogen) atoms. The number of nitrogens with one attached hydrogen (secondary N) is 2. The molecule has 0 bridgehead atoms. The number of hydrogen-bond donors (Lipinski definition) is 2. The highest BCUT2D eigenvalue weighted by Crippen LogP contribution is 2.24. The first-order chi connectivity index (χ1) is 12.0. The third-order valence-corrected chi connectivity index (χ3v) is 3.48. The Hall–Kier alpha value is -2.60. The van der Waals surface area contributed by atoms with Gasteiger partial charge in [0.05, 0.1) is 25.3 Å². The summed E-state index contributed by atoms with van der Waals surface area (Å²) in [5.41, 5.74) is 1.59. The van der Waals surface area contributed by atoms with Crippen LogP contribution in [0, 0.1) is 0 Å². The Morgan fingerprint density at radius 2 is 1.80 bits per heavy atom. The molecular weight excluding hydrogens is 336 g/mol. The minimum atomic E-state index is -0.190. The van der Waals surface area contributed by atoms with Crippen molar-refractivity contribution in [3.8, 4) is 11.5 Å².